The zero-order valence-corrected chi connectivity index (χ0v) is 17.3. The van der Waals surface area contributed by atoms with Crippen molar-refractivity contribution in [3.63, 3.8) is 0 Å². The van der Waals surface area contributed by atoms with Gasteiger partial charge in [-0.15, -0.1) is 0 Å². The molecule has 0 spiro atoms. The minimum Gasteiger partial charge on any atom is -0.334 e. The van der Waals surface area contributed by atoms with Crippen molar-refractivity contribution in [2.45, 2.75) is 19.9 Å². The van der Waals surface area contributed by atoms with Crippen LogP contribution in [-0.4, -0.2) is 31.3 Å². The highest BCUT2D eigenvalue weighted by Gasteiger charge is 2.25. The van der Waals surface area contributed by atoms with Crippen molar-refractivity contribution >= 4 is 11.6 Å². The van der Waals surface area contributed by atoms with Crippen LogP contribution in [0.5, 0.6) is 0 Å². The van der Waals surface area contributed by atoms with Crippen molar-refractivity contribution in [2.75, 3.05) is 6.54 Å². The monoisotopic (exact) mass is 430 g/mol. The molecule has 1 amide bonds. The number of benzene rings is 1. The number of amides is 1. The minimum absolute atomic E-state index is 0.00658. The maximum Gasteiger partial charge on any atom is 0.270 e. The Labute approximate surface area is 182 Å². The number of fused-ring (bicyclic) bond motifs is 2. The fraction of sp³-hybridized carbons (Fsp3) is 0.167. The zero-order chi connectivity index (χ0) is 22.4. The molecule has 160 valence electrons. The number of aryl methyl sites for hydroxylation is 1. The van der Waals surface area contributed by atoms with Crippen LogP contribution in [0.4, 0.5) is 4.39 Å². The Kier molecular flexibility index (Phi) is 4.70. The van der Waals surface area contributed by atoms with Gasteiger partial charge in [0, 0.05) is 42.9 Å². The highest BCUT2D eigenvalue weighted by Crippen LogP contribution is 2.20. The Balaban J connectivity index is 1.50. The van der Waals surface area contributed by atoms with Gasteiger partial charge in [-0.05, 0) is 60.9 Å². The predicted molar refractivity (Wildman–Crippen MR) is 117 cm³/mol. The first-order valence-electron chi connectivity index (χ1n) is 10.2. The van der Waals surface area contributed by atoms with E-state index >= 15 is 0 Å². The summed E-state index contributed by atoms with van der Waals surface area (Å²) in [5.74, 6) is -0.785. The lowest BCUT2D eigenvalue weighted by atomic mass is 10.0. The average Bonchev–Trinajstić information content (AvgIpc) is 2.79. The van der Waals surface area contributed by atoms with E-state index in [1.54, 1.807) is 42.3 Å². The zero-order valence-electron chi connectivity index (χ0n) is 17.3. The summed E-state index contributed by atoms with van der Waals surface area (Å²) in [5.41, 5.74) is 2.77. The number of pyridine rings is 2. The second-order valence-corrected chi connectivity index (χ2v) is 7.82. The van der Waals surface area contributed by atoms with Gasteiger partial charge in [0.15, 0.2) is 0 Å². The van der Waals surface area contributed by atoms with Gasteiger partial charge in [-0.25, -0.2) is 9.37 Å². The van der Waals surface area contributed by atoms with Gasteiger partial charge in [-0.1, -0.05) is 6.07 Å². The molecule has 4 aromatic rings. The molecule has 0 radical (unpaired) electrons. The van der Waals surface area contributed by atoms with E-state index in [2.05, 4.69) is 4.98 Å². The third-order valence-corrected chi connectivity index (χ3v) is 5.79. The highest BCUT2D eigenvalue weighted by atomic mass is 19.1. The molecule has 0 aliphatic carbocycles. The van der Waals surface area contributed by atoms with E-state index in [1.165, 1.54) is 39.4 Å². The Bertz CT molecular complexity index is 1490. The van der Waals surface area contributed by atoms with Crippen LogP contribution in [0, 0.1) is 12.7 Å². The smallest absolute Gasteiger partial charge is 0.270 e. The molecule has 8 heteroatoms. The molecule has 5 rings (SSSR count). The highest BCUT2D eigenvalue weighted by molar-refractivity contribution is 5.94. The lowest BCUT2D eigenvalue weighted by Crippen LogP contribution is -2.40. The van der Waals surface area contributed by atoms with E-state index in [4.69, 9.17) is 0 Å². The second-order valence-electron chi connectivity index (χ2n) is 7.82. The van der Waals surface area contributed by atoms with Crippen molar-refractivity contribution in [3.8, 4) is 5.69 Å². The quantitative estimate of drug-likeness (QED) is 0.490. The molecule has 0 bridgehead atoms. The van der Waals surface area contributed by atoms with Crippen molar-refractivity contribution in [1.29, 1.82) is 0 Å². The van der Waals surface area contributed by atoms with E-state index in [0.717, 1.165) is 11.1 Å². The molecule has 32 heavy (non-hydrogen) atoms. The van der Waals surface area contributed by atoms with Gasteiger partial charge in [0.2, 0.25) is 0 Å². The maximum absolute atomic E-state index is 13.3. The number of rotatable bonds is 2. The van der Waals surface area contributed by atoms with Crippen molar-refractivity contribution < 1.29 is 9.18 Å². The van der Waals surface area contributed by atoms with E-state index in [0.29, 0.717) is 30.0 Å². The Morgan fingerprint density at radius 2 is 1.84 bits per heavy atom. The molecular formula is C24H19FN4O3. The Morgan fingerprint density at radius 3 is 2.62 bits per heavy atom. The van der Waals surface area contributed by atoms with Crippen LogP contribution in [-0.2, 0) is 13.0 Å². The summed E-state index contributed by atoms with van der Waals surface area (Å²) in [7, 11) is 0. The molecule has 0 atom stereocenters. The summed E-state index contributed by atoms with van der Waals surface area (Å²) in [6.07, 6.45) is 3.51. The predicted octanol–water partition coefficient (Wildman–Crippen LogP) is 2.49. The summed E-state index contributed by atoms with van der Waals surface area (Å²) in [6.45, 7) is 2.43. The lowest BCUT2D eigenvalue weighted by Gasteiger charge is -2.29. The first kappa shape index (κ1) is 19.9. The summed E-state index contributed by atoms with van der Waals surface area (Å²) >= 11 is 0. The van der Waals surface area contributed by atoms with Gasteiger partial charge in [-0.2, -0.15) is 0 Å². The first-order valence-corrected chi connectivity index (χ1v) is 10.2. The van der Waals surface area contributed by atoms with Crippen molar-refractivity contribution in [3.05, 3.63) is 110 Å². The summed E-state index contributed by atoms with van der Waals surface area (Å²) in [4.78, 5) is 44.6. The molecule has 7 nitrogen and oxygen atoms in total. The summed E-state index contributed by atoms with van der Waals surface area (Å²) in [6, 6.07) is 12.5. The molecule has 3 aromatic heterocycles. The van der Waals surface area contributed by atoms with Crippen LogP contribution in [0.25, 0.3) is 11.3 Å². The van der Waals surface area contributed by atoms with Crippen LogP contribution in [0.3, 0.4) is 0 Å². The van der Waals surface area contributed by atoms with Crippen LogP contribution in [0.2, 0.25) is 0 Å². The second kappa shape index (κ2) is 7.56. The van der Waals surface area contributed by atoms with Gasteiger partial charge in [0.1, 0.15) is 17.0 Å². The maximum atomic E-state index is 13.3. The Hall–Kier alpha value is -4.07. The van der Waals surface area contributed by atoms with Crippen LogP contribution in [0.1, 0.15) is 27.2 Å². The number of halogens is 1. The third kappa shape index (κ3) is 3.30. The molecule has 1 aliphatic heterocycles. The molecule has 0 fully saturated rings. The number of hydrogen-bond donors (Lipinski definition) is 0. The molecule has 0 saturated heterocycles. The van der Waals surface area contributed by atoms with Gasteiger partial charge in [0.05, 0.1) is 0 Å². The van der Waals surface area contributed by atoms with E-state index in [9.17, 15) is 18.8 Å². The van der Waals surface area contributed by atoms with Crippen molar-refractivity contribution in [2.24, 2.45) is 0 Å². The van der Waals surface area contributed by atoms with E-state index < -0.39 is 11.5 Å². The number of hydrogen-bond acceptors (Lipinski definition) is 4. The average molecular weight is 430 g/mol. The standard InChI is InChI=1S/C24H19FN4O3/c1-15-3-2-4-21-26-12-20(24(32)29(15)21)23(31)27-10-9-16-11-22(30)28(14-17(16)13-27)19-7-5-18(25)6-8-19/h2-8,11-12,14H,9-10,13H2,1H3. The largest absolute Gasteiger partial charge is 0.334 e. The molecule has 1 aromatic carbocycles. The normalized spacial score (nSPS) is 13.2. The van der Waals surface area contributed by atoms with E-state index in [1.807, 2.05) is 0 Å². The van der Waals surface area contributed by atoms with Crippen LogP contribution >= 0.6 is 0 Å². The fourth-order valence-electron chi connectivity index (χ4n) is 4.10. The fourth-order valence-corrected chi connectivity index (χ4v) is 4.10. The first-order chi connectivity index (χ1) is 15.4. The van der Waals surface area contributed by atoms with Gasteiger partial charge in [-0.3, -0.25) is 23.4 Å². The topological polar surface area (TPSA) is 76.7 Å². The molecule has 0 saturated carbocycles. The Morgan fingerprint density at radius 1 is 1.06 bits per heavy atom. The molecule has 0 unspecified atom stereocenters. The molecule has 1 aliphatic rings. The molecule has 0 N–H and O–H groups in total. The molecule has 4 heterocycles. The number of nitrogens with zero attached hydrogens (tertiary/aromatic N) is 4. The summed E-state index contributed by atoms with van der Waals surface area (Å²) < 4.78 is 16.1. The molecular weight excluding hydrogens is 411 g/mol. The van der Waals surface area contributed by atoms with Gasteiger partial charge in [0.25, 0.3) is 17.0 Å². The SMILES string of the molecule is Cc1cccc2ncc(C(=O)N3CCc4cc(=O)n(-c5ccc(F)cc5)cc4C3)c(=O)n12. The van der Waals surface area contributed by atoms with Gasteiger partial charge >= 0.3 is 0 Å². The third-order valence-electron chi connectivity index (χ3n) is 5.79. The van der Waals surface area contributed by atoms with Crippen LogP contribution in [0.15, 0.2) is 70.5 Å². The minimum atomic E-state index is -0.403. The number of carbonyl (C=O) groups is 1. The number of carbonyl (C=O) groups excluding carboxylic acids is 1. The summed E-state index contributed by atoms with van der Waals surface area (Å²) in [5, 5.41) is 0. The number of aromatic nitrogens is 3. The van der Waals surface area contributed by atoms with Crippen molar-refractivity contribution in [1.82, 2.24) is 18.9 Å². The lowest BCUT2D eigenvalue weighted by molar-refractivity contribution is 0.0732. The van der Waals surface area contributed by atoms with Crippen LogP contribution < -0.4 is 11.1 Å². The van der Waals surface area contributed by atoms with Gasteiger partial charge < -0.3 is 4.90 Å². The van der Waals surface area contributed by atoms with E-state index in [-0.39, 0.29) is 23.5 Å².